The van der Waals surface area contributed by atoms with E-state index < -0.39 is 30.4 Å². The van der Waals surface area contributed by atoms with E-state index in [0.29, 0.717) is 34.8 Å². The summed E-state index contributed by atoms with van der Waals surface area (Å²) in [5, 5.41) is 23.7. The molecule has 5 rings (SSSR count). The minimum atomic E-state index is -0.897. The average molecular weight is 595 g/mol. The molecular formula is C28H28ClFN8O4. The first kappa shape index (κ1) is 28.9. The minimum absolute atomic E-state index is 0.207. The van der Waals surface area contributed by atoms with E-state index >= 15 is 0 Å². The smallest absolute Gasteiger partial charge is 0.255 e. The Kier molecular flexibility index (Phi) is 8.31. The summed E-state index contributed by atoms with van der Waals surface area (Å²) in [6, 6.07) is 7.50. The Morgan fingerprint density at radius 2 is 2.07 bits per heavy atom. The number of carbonyl (C=O) groups is 2. The molecule has 42 heavy (non-hydrogen) atoms. The van der Waals surface area contributed by atoms with Gasteiger partial charge in [0.2, 0.25) is 11.9 Å². The number of aromatic nitrogens is 5. The predicted molar refractivity (Wildman–Crippen MR) is 152 cm³/mol. The molecule has 3 N–H and O–H groups in total. The van der Waals surface area contributed by atoms with Crippen molar-refractivity contribution in [1.29, 1.82) is 0 Å². The summed E-state index contributed by atoms with van der Waals surface area (Å²) in [6.45, 7) is 3.43. The monoisotopic (exact) mass is 594 g/mol. The molecule has 0 aliphatic carbocycles. The maximum atomic E-state index is 14.1. The number of aryl methyl sites for hydroxylation is 1. The fraction of sp³-hybridized carbons (Fsp3) is 0.286. The molecule has 0 radical (unpaired) electrons. The van der Waals surface area contributed by atoms with Crippen LogP contribution in [0.15, 0.2) is 48.8 Å². The lowest BCUT2D eigenvalue weighted by atomic mass is 10.0. The van der Waals surface area contributed by atoms with Crippen molar-refractivity contribution in [3.8, 4) is 17.0 Å². The van der Waals surface area contributed by atoms with Crippen molar-refractivity contribution in [3.05, 3.63) is 76.3 Å². The average Bonchev–Trinajstić information content (AvgIpc) is 3.53. The lowest BCUT2D eigenvalue weighted by Crippen LogP contribution is -2.46. The van der Waals surface area contributed by atoms with E-state index in [4.69, 9.17) is 16.3 Å². The molecule has 0 spiro atoms. The third-order valence-corrected chi connectivity index (χ3v) is 7.03. The van der Waals surface area contributed by atoms with E-state index in [-0.39, 0.29) is 29.2 Å². The first-order valence-electron chi connectivity index (χ1n) is 13.1. The number of anilines is 2. The number of rotatable bonds is 10. The highest BCUT2D eigenvalue weighted by Gasteiger charge is 2.35. The molecule has 12 nitrogen and oxygen atoms in total. The number of ether oxygens (including phenoxy) is 1. The number of benzene rings is 2. The largest absolute Gasteiger partial charge is 0.494 e. The Balaban J connectivity index is 1.32. The lowest BCUT2D eigenvalue weighted by molar-refractivity contribution is -0.126. The Morgan fingerprint density at radius 3 is 2.79 bits per heavy atom. The van der Waals surface area contributed by atoms with Crippen LogP contribution in [0.2, 0.25) is 5.02 Å². The summed E-state index contributed by atoms with van der Waals surface area (Å²) in [5.74, 6) is -0.418. The van der Waals surface area contributed by atoms with Gasteiger partial charge in [-0.25, -0.2) is 14.4 Å². The Labute approximate surface area is 245 Å². The van der Waals surface area contributed by atoms with Crippen LogP contribution in [0.3, 0.4) is 0 Å². The molecular weight excluding hydrogens is 567 g/mol. The molecule has 2 atom stereocenters. The highest BCUT2D eigenvalue weighted by Crippen LogP contribution is 2.32. The van der Waals surface area contributed by atoms with E-state index in [2.05, 4.69) is 30.9 Å². The zero-order chi connectivity index (χ0) is 30.0. The summed E-state index contributed by atoms with van der Waals surface area (Å²) in [4.78, 5) is 36.7. The number of halogens is 2. The van der Waals surface area contributed by atoms with Crippen molar-refractivity contribution in [2.24, 2.45) is 7.05 Å². The molecule has 1 aliphatic rings. The number of hydrogen-bond acceptors (Lipinski definition) is 9. The number of nitrogens with one attached hydrogen (secondary N) is 2. The van der Waals surface area contributed by atoms with Crippen LogP contribution in [-0.2, 0) is 18.4 Å². The van der Waals surface area contributed by atoms with Crippen molar-refractivity contribution in [3.63, 3.8) is 0 Å². The van der Waals surface area contributed by atoms with E-state index in [0.717, 1.165) is 5.56 Å². The summed E-state index contributed by atoms with van der Waals surface area (Å²) < 4.78 is 21.0. The van der Waals surface area contributed by atoms with Crippen LogP contribution in [0.1, 0.15) is 41.4 Å². The normalized spacial score (nSPS) is 14.0. The van der Waals surface area contributed by atoms with Crippen LogP contribution in [0.4, 0.5) is 16.2 Å². The fourth-order valence-corrected chi connectivity index (χ4v) is 4.84. The molecule has 2 unspecified atom stereocenters. The molecule has 1 aliphatic heterocycles. The van der Waals surface area contributed by atoms with Crippen molar-refractivity contribution in [2.75, 3.05) is 18.5 Å². The van der Waals surface area contributed by atoms with Crippen molar-refractivity contribution in [2.45, 2.75) is 32.5 Å². The number of aliphatic hydroxyl groups excluding tert-OH is 1. The minimum Gasteiger partial charge on any atom is -0.494 e. The molecule has 0 saturated carbocycles. The fourth-order valence-electron chi connectivity index (χ4n) is 4.64. The number of hydrogen-bond donors (Lipinski definition) is 3. The van der Waals surface area contributed by atoms with Crippen LogP contribution >= 0.6 is 11.6 Å². The van der Waals surface area contributed by atoms with Gasteiger partial charge in [0.25, 0.3) is 5.91 Å². The van der Waals surface area contributed by atoms with Gasteiger partial charge in [-0.2, -0.15) is 0 Å². The highest BCUT2D eigenvalue weighted by atomic mass is 35.5. The zero-order valence-corrected chi connectivity index (χ0v) is 23.8. The second kappa shape index (κ2) is 12.1. The maximum absolute atomic E-state index is 14.1. The van der Waals surface area contributed by atoms with E-state index in [9.17, 15) is 19.1 Å². The second-order valence-electron chi connectivity index (χ2n) is 9.67. The van der Waals surface area contributed by atoms with Gasteiger partial charge in [-0.1, -0.05) is 28.9 Å². The molecule has 2 aromatic carbocycles. The number of fused-ring (bicyclic) bond motifs is 1. The number of carbonyl (C=O) groups excluding carboxylic acids is 2. The molecule has 0 bridgehead atoms. The van der Waals surface area contributed by atoms with Crippen molar-refractivity contribution >= 4 is 35.2 Å². The number of aliphatic hydroxyl groups is 1. The first-order valence-corrected chi connectivity index (χ1v) is 13.5. The van der Waals surface area contributed by atoms with Gasteiger partial charge in [0.15, 0.2) is 5.82 Å². The Morgan fingerprint density at radius 1 is 1.26 bits per heavy atom. The van der Waals surface area contributed by atoms with Crippen LogP contribution in [0, 0.1) is 5.82 Å². The second-order valence-corrected chi connectivity index (χ2v) is 10.1. The molecule has 3 heterocycles. The van der Waals surface area contributed by atoms with E-state index in [1.807, 2.05) is 0 Å². The molecule has 0 saturated heterocycles. The number of nitrogens with zero attached hydrogens (tertiary/aromatic N) is 6. The third kappa shape index (κ3) is 6.02. The van der Waals surface area contributed by atoms with Gasteiger partial charge in [0, 0.05) is 30.8 Å². The quantitative estimate of drug-likeness (QED) is 0.251. The zero-order valence-electron chi connectivity index (χ0n) is 23.0. The molecule has 218 valence electrons. The molecule has 4 aromatic rings. The van der Waals surface area contributed by atoms with Gasteiger partial charge < -0.3 is 25.4 Å². The third-order valence-electron chi connectivity index (χ3n) is 6.75. The summed E-state index contributed by atoms with van der Waals surface area (Å²) >= 11 is 6.41. The SMILES string of the molecule is CCOc1cc(F)cc(C(CO)NC(=O)C(C)N2Cc3ccc(-c4nc(Nc5cn(C)nn5)ncc4Cl)cc3C2=O)c1. The molecule has 0 fully saturated rings. The van der Waals surface area contributed by atoms with Gasteiger partial charge in [-0.3, -0.25) is 14.3 Å². The molecule has 2 amide bonds. The number of amides is 2. The maximum Gasteiger partial charge on any atom is 0.255 e. The van der Waals surface area contributed by atoms with E-state index in [1.54, 1.807) is 51.4 Å². The van der Waals surface area contributed by atoms with Gasteiger partial charge in [-0.15, -0.1) is 5.10 Å². The van der Waals surface area contributed by atoms with Crippen LogP contribution in [0.25, 0.3) is 11.3 Å². The Bertz CT molecular complexity index is 1650. The molecule has 14 heteroatoms. The van der Waals surface area contributed by atoms with Crippen molar-refractivity contribution in [1.82, 2.24) is 35.2 Å². The van der Waals surface area contributed by atoms with Crippen LogP contribution < -0.4 is 15.4 Å². The highest BCUT2D eigenvalue weighted by molar-refractivity contribution is 6.33. The van der Waals surface area contributed by atoms with Gasteiger partial charge in [-0.05, 0) is 43.2 Å². The van der Waals surface area contributed by atoms with Gasteiger partial charge >= 0.3 is 0 Å². The van der Waals surface area contributed by atoms with Gasteiger partial charge in [0.1, 0.15) is 17.6 Å². The van der Waals surface area contributed by atoms with Gasteiger partial charge in [0.05, 0.1) is 42.4 Å². The molecule has 2 aromatic heterocycles. The lowest BCUT2D eigenvalue weighted by Gasteiger charge is -2.26. The van der Waals surface area contributed by atoms with Crippen LogP contribution in [0.5, 0.6) is 5.75 Å². The Hall–Kier alpha value is -4.62. The first-order chi connectivity index (χ1) is 20.2. The standard InChI is InChI=1S/C28H28ClFN8O4/c1-4-42-20-8-18(7-19(30)10-20)23(14-39)32-26(40)15(2)38-12-17-6-5-16(9-21(17)27(38)41)25-22(29)11-31-28(34-25)33-24-13-37(3)36-35-24/h5-11,13,15,23,39H,4,12,14H2,1-3H3,(H,32,40)(H,31,33,34). The summed E-state index contributed by atoms with van der Waals surface area (Å²) in [7, 11) is 1.73. The van der Waals surface area contributed by atoms with Crippen LogP contribution in [-0.4, -0.2) is 66.0 Å². The van der Waals surface area contributed by atoms with Crippen molar-refractivity contribution < 1.29 is 23.8 Å². The summed E-state index contributed by atoms with van der Waals surface area (Å²) in [5.41, 5.74) is 2.49. The topological polar surface area (TPSA) is 147 Å². The summed E-state index contributed by atoms with van der Waals surface area (Å²) in [6.07, 6.45) is 3.11. The predicted octanol–water partition coefficient (Wildman–Crippen LogP) is 3.40. The van der Waals surface area contributed by atoms with E-state index in [1.165, 1.54) is 27.9 Å².